The predicted octanol–water partition coefficient (Wildman–Crippen LogP) is 0.838. The molecule has 3 rings (SSSR count). The van der Waals surface area contributed by atoms with Gasteiger partial charge < -0.3 is 4.74 Å². The van der Waals surface area contributed by atoms with Gasteiger partial charge in [-0.3, -0.25) is 4.90 Å². The molecule has 22 heavy (non-hydrogen) atoms. The van der Waals surface area contributed by atoms with Crippen LogP contribution in [0, 0.1) is 6.92 Å². The van der Waals surface area contributed by atoms with E-state index in [9.17, 15) is 13.2 Å². The first kappa shape index (κ1) is 15.2. The Hall–Kier alpha value is -1.74. The second kappa shape index (κ2) is 5.47. The highest BCUT2D eigenvalue weighted by Crippen LogP contribution is 2.33. The molecule has 8 nitrogen and oxygen atoms in total. The van der Waals surface area contributed by atoms with E-state index in [-0.39, 0.29) is 6.04 Å². The van der Waals surface area contributed by atoms with Crippen molar-refractivity contribution in [1.82, 2.24) is 14.3 Å². The molecular formula is C13H18N4O4S. The lowest BCUT2D eigenvalue weighted by Crippen LogP contribution is -2.31. The van der Waals surface area contributed by atoms with Gasteiger partial charge in [-0.2, -0.15) is 4.31 Å². The fourth-order valence-corrected chi connectivity index (χ4v) is 3.98. The maximum Gasteiger partial charge on any atom is 0.415 e. The summed E-state index contributed by atoms with van der Waals surface area (Å²) in [5.74, 6) is 0.906. The van der Waals surface area contributed by atoms with E-state index in [1.54, 1.807) is 13.0 Å². The average molecular weight is 326 g/mol. The number of ether oxygens (including phenoxy) is 1. The smallest absolute Gasteiger partial charge is 0.415 e. The Bertz CT molecular complexity index is 706. The van der Waals surface area contributed by atoms with Gasteiger partial charge in [0.05, 0.1) is 18.8 Å². The van der Waals surface area contributed by atoms with Crippen molar-refractivity contribution in [2.75, 3.05) is 30.9 Å². The topological polar surface area (TPSA) is 92.7 Å². The Morgan fingerprint density at radius 1 is 1.32 bits per heavy atom. The van der Waals surface area contributed by atoms with Crippen LogP contribution in [-0.2, 0) is 14.8 Å². The number of aromatic nitrogens is 2. The second-order valence-corrected chi connectivity index (χ2v) is 7.46. The van der Waals surface area contributed by atoms with Gasteiger partial charge in [-0.15, -0.1) is 0 Å². The van der Waals surface area contributed by atoms with Gasteiger partial charge in [-0.25, -0.2) is 23.2 Å². The number of anilines is 1. The van der Waals surface area contributed by atoms with Crippen molar-refractivity contribution in [2.24, 2.45) is 0 Å². The summed E-state index contributed by atoms with van der Waals surface area (Å²) in [6.45, 7) is 3.04. The SMILES string of the molecule is Cc1cc(N2CCOC2=O)nc([C@H]2CCCN2S(C)(=O)=O)n1. The maximum absolute atomic E-state index is 11.9. The van der Waals surface area contributed by atoms with Gasteiger partial charge >= 0.3 is 6.09 Å². The largest absolute Gasteiger partial charge is 0.447 e. The van der Waals surface area contributed by atoms with Crippen molar-refractivity contribution in [3.05, 3.63) is 17.6 Å². The van der Waals surface area contributed by atoms with Gasteiger partial charge in [0, 0.05) is 18.3 Å². The summed E-state index contributed by atoms with van der Waals surface area (Å²) in [6.07, 6.45) is 2.21. The summed E-state index contributed by atoms with van der Waals surface area (Å²) in [7, 11) is -3.31. The van der Waals surface area contributed by atoms with Gasteiger partial charge in [-0.05, 0) is 19.8 Å². The first-order valence-electron chi connectivity index (χ1n) is 7.13. The van der Waals surface area contributed by atoms with Crippen LogP contribution in [0.5, 0.6) is 0 Å². The number of aryl methyl sites for hydroxylation is 1. The quantitative estimate of drug-likeness (QED) is 0.817. The van der Waals surface area contributed by atoms with Crippen LogP contribution in [-0.4, -0.2) is 54.7 Å². The van der Waals surface area contributed by atoms with Crippen LogP contribution in [0.15, 0.2) is 6.07 Å². The Balaban J connectivity index is 1.97. The molecule has 0 saturated carbocycles. The van der Waals surface area contributed by atoms with E-state index in [0.29, 0.717) is 43.5 Å². The van der Waals surface area contributed by atoms with Crippen molar-refractivity contribution in [3.8, 4) is 0 Å². The van der Waals surface area contributed by atoms with Crippen molar-refractivity contribution in [2.45, 2.75) is 25.8 Å². The van der Waals surface area contributed by atoms with Crippen LogP contribution in [0.3, 0.4) is 0 Å². The number of nitrogens with zero attached hydrogens (tertiary/aromatic N) is 4. The van der Waals surface area contributed by atoms with Gasteiger partial charge in [-0.1, -0.05) is 0 Å². The second-order valence-electron chi connectivity index (χ2n) is 5.52. The number of hydrogen-bond donors (Lipinski definition) is 0. The molecule has 2 aliphatic rings. The number of rotatable bonds is 3. The van der Waals surface area contributed by atoms with Crippen molar-refractivity contribution in [1.29, 1.82) is 0 Å². The molecule has 0 radical (unpaired) electrons. The predicted molar refractivity (Wildman–Crippen MR) is 79.0 cm³/mol. The van der Waals surface area contributed by atoms with Gasteiger partial charge in [0.25, 0.3) is 0 Å². The molecule has 1 aromatic rings. The summed E-state index contributed by atoms with van der Waals surface area (Å²) in [4.78, 5) is 21.9. The number of sulfonamides is 1. The molecule has 2 aliphatic heterocycles. The minimum absolute atomic E-state index is 0.329. The molecule has 0 N–H and O–H groups in total. The fraction of sp³-hybridized carbons (Fsp3) is 0.615. The summed E-state index contributed by atoms with van der Waals surface area (Å²) in [5, 5.41) is 0. The molecule has 0 spiro atoms. The third kappa shape index (κ3) is 2.78. The van der Waals surface area contributed by atoms with E-state index in [0.717, 1.165) is 6.42 Å². The Kier molecular flexibility index (Phi) is 3.77. The Morgan fingerprint density at radius 3 is 2.73 bits per heavy atom. The molecule has 0 unspecified atom stereocenters. The number of carbonyl (C=O) groups is 1. The first-order valence-corrected chi connectivity index (χ1v) is 8.98. The van der Waals surface area contributed by atoms with Crippen LogP contribution in [0.2, 0.25) is 0 Å². The number of hydrogen-bond acceptors (Lipinski definition) is 6. The first-order chi connectivity index (χ1) is 10.4. The third-order valence-corrected chi connectivity index (χ3v) is 5.11. The number of carbonyl (C=O) groups excluding carboxylic acids is 1. The summed E-state index contributed by atoms with van der Waals surface area (Å²) in [5.41, 5.74) is 0.694. The molecule has 0 bridgehead atoms. The molecule has 2 fully saturated rings. The van der Waals surface area contributed by atoms with E-state index in [1.807, 2.05) is 0 Å². The highest BCUT2D eigenvalue weighted by molar-refractivity contribution is 7.88. The molecule has 9 heteroatoms. The van der Waals surface area contributed by atoms with E-state index >= 15 is 0 Å². The van der Waals surface area contributed by atoms with Crippen LogP contribution < -0.4 is 4.90 Å². The minimum atomic E-state index is -3.31. The highest BCUT2D eigenvalue weighted by atomic mass is 32.2. The summed E-state index contributed by atoms with van der Waals surface area (Å²) < 4.78 is 30.1. The third-order valence-electron chi connectivity index (χ3n) is 3.82. The van der Waals surface area contributed by atoms with E-state index in [4.69, 9.17) is 4.74 Å². The standard InChI is InChI=1S/C13H18N4O4S/c1-9-8-11(16-6-7-21-13(16)18)15-12(14-9)10-4-3-5-17(10)22(2,19)20/h8,10H,3-7H2,1-2H3/t10-/m1/s1. The van der Waals surface area contributed by atoms with Crippen LogP contribution in [0.4, 0.5) is 10.6 Å². The lowest BCUT2D eigenvalue weighted by molar-refractivity contribution is 0.181. The van der Waals surface area contributed by atoms with Crippen molar-refractivity contribution < 1.29 is 17.9 Å². The Morgan fingerprint density at radius 2 is 2.09 bits per heavy atom. The lowest BCUT2D eigenvalue weighted by Gasteiger charge is -2.22. The minimum Gasteiger partial charge on any atom is -0.447 e. The zero-order valence-corrected chi connectivity index (χ0v) is 13.3. The zero-order valence-electron chi connectivity index (χ0n) is 12.5. The molecule has 0 aromatic carbocycles. The van der Waals surface area contributed by atoms with Crippen molar-refractivity contribution >= 4 is 21.9 Å². The molecule has 1 atom stereocenters. The molecule has 0 aliphatic carbocycles. The molecule has 1 amide bonds. The molecule has 120 valence electrons. The molecule has 1 aromatic heterocycles. The number of amides is 1. The molecule has 2 saturated heterocycles. The molecular weight excluding hydrogens is 308 g/mol. The summed E-state index contributed by atoms with van der Waals surface area (Å²) >= 11 is 0. The van der Waals surface area contributed by atoms with E-state index in [1.165, 1.54) is 15.5 Å². The van der Waals surface area contributed by atoms with Gasteiger partial charge in [0.15, 0.2) is 0 Å². The fourth-order valence-electron chi connectivity index (χ4n) is 2.86. The van der Waals surface area contributed by atoms with Crippen molar-refractivity contribution in [3.63, 3.8) is 0 Å². The highest BCUT2D eigenvalue weighted by Gasteiger charge is 2.35. The van der Waals surface area contributed by atoms with Gasteiger partial charge in [0.2, 0.25) is 10.0 Å². The van der Waals surface area contributed by atoms with Crippen LogP contribution >= 0.6 is 0 Å². The summed E-state index contributed by atoms with van der Waals surface area (Å²) in [6, 6.07) is 1.34. The lowest BCUT2D eigenvalue weighted by atomic mass is 10.2. The van der Waals surface area contributed by atoms with Crippen LogP contribution in [0.1, 0.15) is 30.4 Å². The monoisotopic (exact) mass is 326 g/mol. The number of cyclic esters (lactones) is 1. The zero-order chi connectivity index (χ0) is 15.9. The van der Waals surface area contributed by atoms with Gasteiger partial charge in [0.1, 0.15) is 18.2 Å². The Labute approximate surface area is 129 Å². The normalized spacial score (nSPS) is 23.1. The van der Waals surface area contributed by atoms with Crippen LogP contribution in [0.25, 0.3) is 0 Å². The van der Waals surface area contributed by atoms with E-state index in [2.05, 4.69) is 9.97 Å². The molecule has 3 heterocycles. The maximum atomic E-state index is 11.9. The van der Waals surface area contributed by atoms with E-state index < -0.39 is 16.1 Å². The average Bonchev–Trinajstić information content (AvgIpc) is 3.05.